The van der Waals surface area contributed by atoms with Crippen LogP contribution in [0.3, 0.4) is 0 Å². The summed E-state index contributed by atoms with van der Waals surface area (Å²) in [5, 5.41) is 9.47. The second-order valence-corrected chi connectivity index (χ2v) is 4.24. The fourth-order valence-electron chi connectivity index (χ4n) is 1.30. The van der Waals surface area contributed by atoms with Gasteiger partial charge in [0.25, 0.3) is 0 Å². The van der Waals surface area contributed by atoms with E-state index in [9.17, 15) is 0 Å². The van der Waals surface area contributed by atoms with Gasteiger partial charge < -0.3 is 11.1 Å². The Morgan fingerprint density at radius 3 is 3.07 bits per heavy atom. The predicted molar refractivity (Wildman–Crippen MR) is 64.0 cm³/mol. The summed E-state index contributed by atoms with van der Waals surface area (Å²) < 4.78 is 1.89. The number of thiophene rings is 1. The molecule has 0 amide bonds. The van der Waals surface area contributed by atoms with Crippen LogP contribution in [0, 0.1) is 0 Å². The van der Waals surface area contributed by atoms with Crippen LogP contribution in [0.2, 0.25) is 0 Å². The highest BCUT2D eigenvalue weighted by atomic mass is 32.1. The zero-order chi connectivity index (χ0) is 10.7. The van der Waals surface area contributed by atoms with Crippen LogP contribution in [0.15, 0.2) is 23.8 Å². The zero-order valence-corrected chi connectivity index (χ0v) is 9.42. The fraction of sp³-hybridized carbons (Fsp3) is 0.300. The van der Waals surface area contributed by atoms with E-state index in [0.29, 0.717) is 0 Å². The van der Waals surface area contributed by atoms with Gasteiger partial charge in [0, 0.05) is 23.3 Å². The number of hydrogen-bond donors (Lipinski definition) is 2. The Balaban J connectivity index is 1.96. The molecule has 2 aromatic heterocycles. The quantitative estimate of drug-likeness (QED) is 0.833. The lowest BCUT2D eigenvalue weighted by molar-refractivity contribution is 0.660. The molecular weight excluding hydrogens is 208 g/mol. The Labute approximate surface area is 92.7 Å². The molecule has 0 atom stereocenters. The number of nitrogen functional groups attached to an aromatic ring is 1. The van der Waals surface area contributed by atoms with E-state index >= 15 is 0 Å². The molecule has 5 heteroatoms. The van der Waals surface area contributed by atoms with E-state index in [2.05, 4.69) is 17.3 Å². The highest BCUT2D eigenvalue weighted by Crippen LogP contribution is 2.20. The van der Waals surface area contributed by atoms with Crippen LogP contribution in [0.4, 0.5) is 11.4 Å². The lowest BCUT2D eigenvalue weighted by Crippen LogP contribution is -1.99. The van der Waals surface area contributed by atoms with Crippen molar-refractivity contribution in [3.8, 4) is 0 Å². The minimum atomic E-state index is 0.763. The van der Waals surface area contributed by atoms with Crippen LogP contribution < -0.4 is 11.1 Å². The highest BCUT2D eigenvalue weighted by molar-refractivity contribution is 7.10. The number of rotatable bonds is 4. The van der Waals surface area contributed by atoms with Crippen LogP contribution in [0.1, 0.15) is 11.8 Å². The Hall–Kier alpha value is -1.49. The highest BCUT2D eigenvalue weighted by Gasteiger charge is 2.01. The first-order valence-corrected chi connectivity index (χ1v) is 5.75. The molecule has 0 saturated heterocycles. The van der Waals surface area contributed by atoms with Crippen molar-refractivity contribution in [3.05, 3.63) is 28.7 Å². The molecule has 2 rings (SSSR count). The second kappa shape index (κ2) is 4.35. The van der Waals surface area contributed by atoms with E-state index < -0.39 is 0 Å². The van der Waals surface area contributed by atoms with Crippen LogP contribution >= 0.6 is 11.3 Å². The van der Waals surface area contributed by atoms with Crippen molar-refractivity contribution in [2.24, 2.45) is 0 Å². The first-order chi connectivity index (χ1) is 7.29. The molecule has 0 aliphatic heterocycles. The number of aromatic nitrogens is 2. The first kappa shape index (κ1) is 10.0. The van der Waals surface area contributed by atoms with Gasteiger partial charge in [0.1, 0.15) is 0 Å². The van der Waals surface area contributed by atoms with Gasteiger partial charge in [-0.3, -0.25) is 4.68 Å². The lowest BCUT2D eigenvalue weighted by atomic mass is 10.4. The maximum Gasteiger partial charge on any atom is 0.0729 e. The monoisotopic (exact) mass is 222 g/mol. The second-order valence-electron chi connectivity index (χ2n) is 3.24. The largest absolute Gasteiger partial charge is 0.398 e. The summed E-state index contributed by atoms with van der Waals surface area (Å²) in [7, 11) is 0. The van der Waals surface area contributed by atoms with Crippen LogP contribution in [-0.2, 0) is 13.1 Å². The van der Waals surface area contributed by atoms with Crippen molar-refractivity contribution in [1.29, 1.82) is 0 Å². The molecule has 0 bridgehead atoms. The number of aryl methyl sites for hydroxylation is 1. The van der Waals surface area contributed by atoms with Gasteiger partial charge in [-0.05, 0) is 18.4 Å². The normalized spacial score (nSPS) is 10.5. The lowest BCUT2D eigenvalue weighted by Gasteiger charge is -2.01. The standard InChI is InChI=1S/C10H14N4S/c1-2-14-7-8(5-13-14)12-6-10-9(11)3-4-15-10/h3-5,7,12H,2,6,11H2,1H3. The van der Waals surface area contributed by atoms with Gasteiger partial charge in [-0.1, -0.05) is 0 Å². The molecule has 0 fully saturated rings. The average molecular weight is 222 g/mol. The molecule has 0 aliphatic rings. The third-order valence-corrected chi connectivity index (χ3v) is 3.13. The molecule has 0 radical (unpaired) electrons. The first-order valence-electron chi connectivity index (χ1n) is 4.87. The van der Waals surface area contributed by atoms with E-state index in [1.807, 2.05) is 28.5 Å². The number of anilines is 2. The molecule has 80 valence electrons. The van der Waals surface area contributed by atoms with E-state index in [-0.39, 0.29) is 0 Å². The summed E-state index contributed by atoms with van der Waals surface area (Å²) >= 11 is 1.67. The third-order valence-electron chi connectivity index (χ3n) is 2.19. The Morgan fingerprint density at radius 1 is 1.60 bits per heavy atom. The fourth-order valence-corrected chi connectivity index (χ4v) is 2.04. The summed E-state index contributed by atoms with van der Waals surface area (Å²) in [6.07, 6.45) is 3.82. The van der Waals surface area contributed by atoms with E-state index in [0.717, 1.165) is 24.5 Å². The van der Waals surface area contributed by atoms with Crippen LogP contribution in [-0.4, -0.2) is 9.78 Å². The van der Waals surface area contributed by atoms with Gasteiger partial charge in [-0.25, -0.2) is 0 Å². The summed E-state index contributed by atoms with van der Waals surface area (Å²) in [4.78, 5) is 1.17. The van der Waals surface area contributed by atoms with Crippen molar-refractivity contribution in [2.75, 3.05) is 11.1 Å². The molecule has 0 aromatic carbocycles. The van der Waals surface area contributed by atoms with Gasteiger partial charge >= 0.3 is 0 Å². The Morgan fingerprint density at radius 2 is 2.47 bits per heavy atom. The van der Waals surface area contributed by atoms with Gasteiger partial charge in [0.15, 0.2) is 0 Å². The van der Waals surface area contributed by atoms with Crippen molar-refractivity contribution >= 4 is 22.7 Å². The van der Waals surface area contributed by atoms with E-state index in [1.165, 1.54) is 4.88 Å². The number of nitrogens with zero attached hydrogens (tertiary/aromatic N) is 2. The molecular formula is C10H14N4S. The number of nitrogens with one attached hydrogen (secondary N) is 1. The molecule has 2 heterocycles. The topological polar surface area (TPSA) is 55.9 Å². The maximum atomic E-state index is 5.79. The van der Waals surface area contributed by atoms with E-state index in [1.54, 1.807) is 11.3 Å². The van der Waals surface area contributed by atoms with Crippen molar-refractivity contribution in [1.82, 2.24) is 9.78 Å². The molecule has 0 spiro atoms. The van der Waals surface area contributed by atoms with Crippen molar-refractivity contribution in [2.45, 2.75) is 20.0 Å². The van der Waals surface area contributed by atoms with Gasteiger partial charge in [-0.15, -0.1) is 11.3 Å². The molecule has 2 aromatic rings. The Bertz CT molecular complexity index is 432. The molecule has 0 unspecified atom stereocenters. The molecule has 0 aliphatic carbocycles. The van der Waals surface area contributed by atoms with Gasteiger partial charge in [-0.2, -0.15) is 5.10 Å². The third kappa shape index (κ3) is 2.30. The van der Waals surface area contributed by atoms with Crippen LogP contribution in [0.5, 0.6) is 0 Å². The zero-order valence-electron chi connectivity index (χ0n) is 8.60. The van der Waals surface area contributed by atoms with Gasteiger partial charge in [0.05, 0.1) is 18.4 Å². The van der Waals surface area contributed by atoms with Crippen molar-refractivity contribution < 1.29 is 0 Å². The minimum Gasteiger partial charge on any atom is -0.398 e. The smallest absolute Gasteiger partial charge is 0.0729 e. The molecule has 4 nitrogen and oxygen atoms in total. The SMILES string of the molecule is CCn1cc(NCc2sccc2N)cn1. The summed E-state index contributed by atoms with van der Waals surface area (Å²) in [5.74, 6) is 0. The number of nitrogens with two attached hydrogens (primary N) is 1. The summed E-state index contributed by atoms with van der Waals surface area (Å²) in [5.41, 5.74) is 7.67. The number of hydrogen-bond acceptors (Lipinski definition) is 4. The molecule has 0 saturated carbocycles. The van der Waals surface area contributed by atoms with Gasteiger partial charge in [0.2, 0.25) is 0 Å². The molecule has 15 heavy (non-hydrogen) atoms. The minimum absolute atomic E-state index is 0.763. The Kier molecular flexibility index (Phi) is 2.91. The summed E-state index contributed by atoms with van der Waals surface area (Å²) in [6, 6.07) is 1.93. The van der Waals surface area contributed by atoms with E-state index in [4.69, 9.17) is 5.73 Å². The average Bonchev–Trinajstić information content (AvgIpc) is 2.84. The van der Waals surface area contributed by atoms with Crippen LogP contribution in [0.25, 0.3) is 0 Å². The van der Waals surface area contributed by atoms with Crippen molar-refractivity contribution in [3.63, 3.8) is 0 Å². The maximum absolute atomic E-state index is 5.79. The predicted octanol–water partition coefficient (Wildman–Crippen LogP) is 2.16. The summed E-state index contributed by atoms with van der Waals surface area (Å²) in [6.45, 7) is 3.72. The molecule has 3 N–H and O–H groups in total.